The third-order valence-electron chi connectivity index (χ3n) is 2.96. The Hall–Kier alpha value is -1.17. The lowest BCUT2D eigenvalue weighted by Gasteiger charge is -2.32. The van der Waals surface area contributed by atoms with Crippen LogP contribution in [0.3, 0.4) is 0 Å². The number of nitrogens with two attached hydrogens (primary N) is 1. The highest BCUT2D eigenvalue weighted by atomic mass is 15.2. The molecule has 0 spiro atoms. The van der Waals surface area contributed by atoms with Crippen LogP contribution in [0.2, 0.25) is 0 Å². The number of piperazine rings is 1. The summed E-state index contributed by atoms with van der Waals surface area (Å²) >= 11 is 0. The second-order valence-electron chi connectivity index (χ2n) is 4.26. The quantitative estimate of drug-likeness (QED) is 0.560. The molecule has 1 aromatic heterocycles. The molecule has 0 bridgehead atoms. The lowest BCUT2D eigenvalue weighted by Crippen LogP contribution is -2.44. The minimum atomic E-state index is 0.906. The summed E-state index contributed by atoms with van der Waals surface area (Å²) in [5.74, 6) is 5.37. The number of hydrogen-bond acceptors (Lipinski definition) is 5. The van der Waals surface area contributed by atoms with E-state index in [1.54, 1.807) is 6.20 Å². The Morgan fingerprint density at radius 1 is 1.38 bits per heavy atom. The SMILES string of the molecule is CN1CCN(Cc2cc(NN)ccn2)CC1. The van der Waals surface area contributed by atoms with E-state index in [2.05, 4.69) is 27.3 Å². The molecule has 0 saturated carbocycles. The van der Waals surface area contributed by atoms with E-state index in [0.717, 1.165) is 44.1 Å². The van der Waals surface area contributed by atoms with Crippen LogP contribution in [-0.4, -0.2) is 48.0 Å². The number of likely N-dealkylation sites (N-methyl/N-ethyl adjacent to an activating group) is 1. The molecule has 16 heavy (non-hydrogen) atoms. The first-order valence-corrected chi connectivity index (χ1v) is 5.60. The van der Waals surface area contributed by atoms with Crippen molar-refractivity contribution in [3.63, 3.8) is 0 Å². The van der Waals surface area contributed by atoms with Crippen LogP contribution < -0.4 is 11.3 Å². The zero-order valence-electron chi connectivity index (χ0n) is 9.69. The number of rotatable bonds is 3. The van der Waals surface area contributed by atoms with E-state index in [1.807, 2.05) is 12.1 Å². The first kappa shape index (κ1) is 11.3. The average molecular weight is 221 g/mol. The van der Waals surface area contributed by atoms with Crippen LogP contribution in [0, 0.1) is 0 Å². The number of pyridine rings is 1. The molecular formula is C11H19N5. The number of nitrogens with zero attached hydrogens (tertiary/aromatic N) is 3. The van der Waals surface area contributed by atoms with Crippen LogP contribution in [0.15, 0.2) is 18.3 Å². The van der Waals surface area contributed by atoms with E-state index < -0.39 is 0 Å². The van der Waals surface area contributed by atoms with Crippen molar-refractivity contribution in [2.24, 2.45) is 5.84 Å². The molecule has 2 rings (SSSR count). The minimum absolute atomic E-state index is 0.906. The highest BCUT2D eigenvalue weighted by Gasteiger charge is 2.14. The zero-order chi connectivity index (χ0) is 11.4. The summed E-state index contributed by atoms with van der Waals surface area (Å²) in [6, 6.07) is 3.87. The topological polar surface area (TPSA) is 57.4 Å². The van der Waals surface area contributed by atoms with E-state index in [9.17, 15) is 0 Å². The van der Waals surface area contributed by atoms with Crippen molar-refractivity contribution in [2.45, 2.75) is 6.54 Å². The molecule has 88 valence electrons. The summed E-state index contributed by atoms with van der Waals surface area (Å²) in [5, 5.41) is 0. The van der Waals surface area contributed by atoms with Crippen molar-refractivity contribution >= 4 is 5.69 Å². The number of anilines is 1. The van der Waals surface area contributed by atoms with Gasteiger partial charge in [-0.05, 0) is 19.2 Å². The standard InChI is InChI=1S/C11H19N5/c1-15-4-6-16(7-5-15)9-11-8-10(14-12)2-3-13-11/h2-3,8H,4-7,9,12H2,1H3,(H,13,14). The second kappa shape index (κ2) is 5.25. The van der Waals surface area contributed by atoms with Crippen molar-refractivity contribution in [3.8, 4) is 0 Å². The van der Waals surface area contributed by atoms with E-state index >= 15 is 0 Å². The fourth-order valence-electron chi connectivity index (χ4n) is 1.89. The monoisotopic (exact) mass is 221 g/mol. The van der Waals surface area contributed by atoms with Gasteiger partial charge in [0.25, 0.3) is 0 Å². The smallest absolute Gasteiger partial charge is 0.0564 e. The molecule has 1 aliphatic rings. The van der Waals surface area contributed by atoms with E-state index in [-0.39, 0.29) is 0 Å². The van der Waals surface area contributed by atoms with Gasteiger partial charge in [0, 0.05) is 38.9 Å². The molecule has 0 radical (unpaired) electrons. The van der Waals surface area contributed by atoms with Gasteiger partial charge in [-0.15, -0.1) is 0 Å². The average Bonchev–Trinajstić information content (AvgIpc) is 2.32. The van der Waals surface area contributed by atoms with Gasteiger partial charge in [0.2, 0.25) is 0 Å². The van der Waals surface area contributed by atoms with Gasteiger partial charge in [-0.25, -0.2) is 0 Å². The third kappa shape index (κ3) is 2.91. The summed E-state index contributed by atoms with van der Waals surface area (Å²) in [6.45, 7) is 5.39. The molecule has 3 N–H and O–H groups in total. The maximum Gasteiger partial charge on any atom is 0.0564 e. The molecule has 0 unspecified atom stereocenters. The maximum absolute atomic E-state index is 5.37. The van der Waals surface area contributed by atoms with E-state index in [4.69, 9.17) is 5.84 Å². The minimum Gasteiger partial charge on any atom is -0.324 e. The molecule has 1 saturated heterocycles. The number of hydrazine groups is 1. The predicted molar refractivity (Wildman–Crippen MR) is 64.8 cm³/mol. The van der Waals surface area contributed by atoms with Crippen LogP contribution in [0.1, 0.15) is 5.69 Å². The fraction of sp³-hybridized carbons (Fsp3) is 0.545. The Labute approximate surface area is 96.2 Å². The third-order valence-corrected chi connectivity index (χ3v) is 2.96. The van der Waals surface area contributed by atoms with Crippen molar-refractivity contribution in [1.29, 1.82) is 0 Å². The Bertz CT molecular complexity index is 333. The van der Waals surface area contributed by atoms with Gasteiger partial charge in [0.05, 0.1) is 11.4 Å². The Balaban J connectivity index is 1.93. The number of hydrogen-bond donors (Lipinski definition) is 2. The molecule has 0 aromatic carbocycles. The van der Waals surface area contributed by atoms with Gasteiger partial charge in [0.15, 0.2) is 0 Å². The molecular weight excluding hydrogens is 202 g/mol. The van der Waals surface area contributed by atoms with Gasteiger partial charge in [-0.1, -0.05) is 0 Å². The van der Waals surface area contributed by atoms with E-state index in [1.165, 1.54) is 0 Å². The summed E-state index contributed by atoms with van der Waals surface area (Å²) in [7, 11) is 2.16. The number of nitrogens with one attached hydrogen (secondary N) is 1. The zero-order valence-corrected chi connectivity index (χ0v) is 9.69. The predicted octanol–water partition coefficient (Wildman–Crippen LogP) is 0.115. The Morgan fingerprint density at radius 2 is 2.12 bits per heavy atom. The highest BCUT2D eigenvalue weighted by Crippen LogP contribution is 2.10. The molecule has 0 amide bonds. The maximum atomic E-state index is 5.37. The molecule has 5 heteroatoms. The molecule has 0 aliphatic carbocycles. The molecule has 1 aliphatic heterocycles. The van der Waals surface area contributed by atoms with Gasteiger partial charge in [-0.3, -0.25) is 15.7 Å². The van der Waals surface area contributed by atoms with Gasteiger partial charge in [-0.2, -0.15) is 0 Å². The first-order valence-electron chi connectivity index (χ1n) is 5.60. The van der Waals surface area contributed by atoms with Gasteiger partial charge in [0.1, 0.15) is 0 Å². The highest BCUT2D eigenvalue weighted by molar-refractivity contribution is 5.41. The van der Waals surface area contributed by atoms with Crippen LogP contribution in [0.4, 0.5) is 5.69 Å². The Morgan fingerprint density at radius 3 is 2.81 bits per heavy atom. The van der Waals surface area contributed by atoms with Crippen LogP contribution in [-0.2, 0) is 6.54 Å². The van der Waals surface area contributed by atoms with Crippen molar-refractivity contribution in [3.05, 3.63) is 24.0 Å². The lowest BCUT2D eigenvalue weighted by molar-refractivity contribution is 0.147. The van der Waals surface area contributed by atoms with Crippen LogP contribution >= 0.6 is 0 Å². The van der Waals surface area contributed by atoms with Gasteiger partial charge < -0.3 is 10.3 Å². The summed E-state index contributed by atoms with van der Waals surface area (Å²) in [6.07, 6.45) is 1.79. The summed E-state index contributed by atoms with van der Waals surface area (Å²) < 4.78 is 0. The first-order chi connectivity index (χ1) is 7.78. The Kier molecular flexibility index (Phi) is 3.71. The molecule has 2 heterocycles. The van der Waals surface area contributed by atoms with Crippen molar-refractivity contribution in [2.75, 3.05) is 38.7 Å². The molecule has 0 atom stereocenters. The fourth-order valence-corrected chi connectivity index (χ4v) is 1.89. The molecule has 1 fully saturated rings. The number of nitrogen functional groups attached to an aromatic ring is 1. The van der Waals surface area contributed by atoms with Gasteiger partial charge >= 0.3 is 0 Å². The van der Waals surface area contributed by atoms with Crippen molar-refractivity contribution < 1.29 is 0 Å². The van der Waals surface area contributed by atoms with Crippen LogP contribution in [0.5, 0.6) is 0 Å². The van der Waals surface area contributed by atoms with Crippen LogP contribution in [0.25, 0.3) is 0 Å². The van der Waals surface area contributed by atoms with E-state index in [0.29, 0.717) is 0 Å². The number of aromatic nitrogens is 1. The summed E-state index contributed by atoms with van der Waals surface area (Å²) in [5.41, 5.74) is 4.63. The summed E-state index contributed by atoms with van der Waals surface area (Å²) in [4.78, 5) is 9.12. The second-order valence-corrected chi connectivity index (χ2v) is 4.26. The normalized spacial score (nSPS) is 18.6. The molecule has 5 nitrogen and oxygen atoms in total. The van der Waals surface area contributed by atoms with Crippen molar-refractivity contribution in [1.82, 2.24) is 14.8 Å². The largest absolute Gasteiger partial charge is 0.324 e. The lowest BCUT2D eigenvalue weighted by atomic mass is 10.2. The molecule has 1 aromatic rings.